The Morgan fingerprint density at radius 2 is 2.10 bits per heavy atom. The summed E-state index contributed by atoms with van der Waals surface area (Å²) in [5.74, 6) is -0.276. The number of nitrogens with two attached hydrogens (primary N) is 1. The largest absolute Gasteiger partial charge is 0.391 e. The van der Waals surface area contributed by atoms with Gasteiger partial charge in [0, 0.05) is 5.92 Å². The minimum Gasteiger partial charge on any atom is -0.391 e. The minimum atomic E-state index is -0.803. The van der Waals surface area contributed by atoms with Gasteiger partial charge in [-0.1, -0.05) is 13.8 Å². The lowest BCUT2D eigenvalue weighted by atomic mass is 9.99. The van der Waals surface area contributed by atoms with E-state index in [1.54, 1.807) is 13.8 Å². The molecule has 0 amide bonds. The standard InChI is InChI=1S/C7H15NO2/c1-4(2)7(10)6(8)5(3)9/h4-6,9H,8H2,1-3H3/i/hT. The average Bonchev–Trinajstić information content (AvgIpc) is 1.88. The molecular formula is C7H15NO2. The van der Waals surface area contributed by atoms with E-state index in [1.807, 2.05) is 5.73 Å². The summed E-state index contributed by atoms with van der Waals surface area (Å²) in [5.41, 5.74) is 2.03. The maximum atomic E-state index is 11.2. The van der Waals surface area contributed by atoms with Crippen LogP contribution in [0.2, 0.25) is 1.41 Å². The molecule has 3 nitrogen and oxygen atoms in total. The highest BCUT2D eigenvalue weighted by atomic mass is 16.3. The second-order valence-corrected chi connectivity index (χ2v) is 2.78. The van der Waals surface area contributed by atoms with Crippen molar-refractivity contribution in [3.63, 3.8) is 0 Å². The Morgan fingerprint density at radius 3 is 2.20 bits per heavy atom. The van der Waals surface area contributed by atoms with E-state index in [-0.39, 0.29) is 11.7 Å². The minimum absolute atomic E-state index is 0.130. The van der Waals surface area contributed by atoms with Crippen molar-refractivity contribution >= 4 is 5.78 Å². The van der Waals surface area contributed by atoms with Crippen molar-refractivity contribution in [2.24, 2.45) is 11.6 Å². The maximum Gasteiger partial charge on any atom is 0.154 e. The molecule has 0 aliphatic carbocycles. The number of ketones is 1. The molecule has 0 saturated heterocycles. The Hall–Kier alpha value is -0.410. The first-order chi connectivity index (χ1) is 5.00. The van der Waals surface area contributed by atoms with E-state index >= 15 is 0 Å². The highest BCUT2D eigenvalue weighted by Gasteiger charge is 2.20. The van der Waals surface area contributed by atoms with Crippen LogP contribution in [0.1, 0.15) is 20.8 Å². The Bertz CT molecular complexity index is 136. The molecule has 0 aromatic heterocycles. The first-order valence-electron chi connectivity index (χ1n) is 3.89. The summed E-state index contributed by atoms with van der Waals surface area (Å²) in [7, 11) is 0. The summed E-state index contributed by atoms with van der Waals surface area (Å²) in [6, 6.07) is -0.755. The Morgan fingerprint density at radius 1 is 1.60 bits per heavy atom. The fourth-order valence-corrected chi connectivity index (χ4v) is 0.597. The van der Waals surface area contributed by atoms with Crippen molar-refractivity contribution in [3.8, 4) is 0 Å². The van der Waals surface area contributed by atoms with Gasteiger partial charge >= 0.3 is 0 Å². The van der Waals surface area contributed by atoms with Crippen LogP contribution in [0.25, 0.3) is 0 Å². The summed E-state index contributed by atoms with van der Waals surface area (Å²) in [6.07, 6.45) is -0.803. The van der Waals surface area contributed by atoms with Crippen molar-refractivity contribution in [2.75, 3.05) is 0 Å². The molecule has 0 fully saturated rings. The predicted octanol–water partition coefficient (Wildman–Crippen LogP) is -0.0804. The first kappa shape index (κ1) is 7.69. The first-order valence-corrected chi connectivity index (χ1v) is 3.39. The van der Waals surface area contributed by atoms with Crippen LogP contribution in [0.5, 0.6) is 0 Å². The molecule has 0 aromatic carbocycles. The van der Waals surface area contributed by atoms with Crippen molar-refractivity contribution in [2.45, 2.75) is 32.9 Å². The van der Waals surface area contributed by atoms with Crippen LogP contribution < -0.4 is 5.73 Å². The number of carbonyl (C=O) groups excluding carboxylic acids is 1. The quantitative estimate of drug-likeness (QED) is 0.584. The average molecular weight is 147 g/mol. The fraction of sp³-hybridized carbons (Fsp3) is 0.857. The van der Waals surface area contributed by atoms with Gasteiger partial charge in [0.05, 0.1) is 12.1 Å². The second kappa shape index (κ2) is 3.68. The number of Topliss-reactive ketones (excluding diaryl/α,β-unsaturated/α-hetero) is 1. The molecule has 3 N–H and O–H groups in total. The third-order valence-corrected chi connectivity index (χ3v) is 1.36. The van der Waals surface area contributed by atoms with Crippen LogP contribution >= 0.6 is 0 Å². The molecule has 0 bridgehead atoms. The molecule has 2 atom stereocenters. The van der Waals surface area contributed by atoms with Gasteiger partial charge in [-0.3, -0.25) is 4.79 Å². The van der Waals surface area contributed by atoms with E-state index in [2.05, 4.69) is 0 Å². The number of hydrogen-bond acceptors (Lipinski definition) is 3. The molecule has 0 radical (unpaired) electrons. The lowest BCUT2D eigenvalue weighted by Crippen LogP contribution is -2.42. The van der Waals surface area contributed by atoms with Crippen LogP contribution in [-0.4, -0.2) is 23.0 Å². The van der Waals surface area contributed by atoms with Crippen LogP contribution in [-0.2, 0) is 4.79 Å². The topological polar surface area (TPSA) is 63.3 Å². The normalized spacial score (nSPS) is 18.3. The fourth-order valence-electron chi connectivity index (χ4n) is 0.597. The van der Waals surface area contributed by atoms with Gasteiger partial charge in [-0.15, -0.1) is 0 Å². The van der Waals surface area contributed by atoms with E-state index in [9.17, 15) is 4.79 Å². The predicted molar refractivity (Wildman–Crippen MR) is 39.5 cm³/mol. The zero-order chi connectivity index (χ0) is 9.02. The molecule has 0 saturated carbocycles. The summed E-state index contributed by atoms with van der Waals surface area (Å²) in [4.78, 5) is 11.2. The van der Waals surface area contributed by atoms with Gasteiger partial charge in [0.2, 0.25) is 0 Å². The zero-order valence-corrected chi connectivity index (χ0v) is 6.59. The number of aliphatic hydroxyl groups excluding tert-OH is 1. The number of aliphatic hydroxyl groups is 1. The number of carbonyl (C=O) groups is 1. The van der Waals surface area contributed by atoms with Gasteiger partial charge in [-0.05, 0) is 6.92 Å². The molecule has 0 rings (SSSR count). The van der Waals surface area contributed by atoms with Crippen LogP contribution in [0.4, 0.5) is 0 Å². The molecule has 2 unspecified atom stereocenters. The van der Waals surface area contributed by atoms with Crippen LogP contribution in [0.15, 0.2) is 0 Å². The van der Waals surface area contributed by atoms with Crippen molar-refractivity contribution < 1.29 is 11.3 Å². The van der Waals surface area contributed by atoms with Crippen LogP contribution in [0.3, 0.4) is 0 Å². The van der Waals surface area contributed by atoms with E-state index in [1.165, 1.54) is 6.92 Å². The molecular weight excluding hydrogens is 130 g/mol. The van der Waals surface area contributed by atoms with Crippen molar-refractivity contribution in [3.05, 3.63) is 0 Å². The molecule has 0 aliphatic heterocycles. The molecule has 60 valence electrons. The lowest BCUT2D eigenvalue weighted by Gasteiger charge is -2.14. The van der Waals surface area contributed by atoms with Gasteiger partial charge < -0.3 is 10.8 Å². The summed E-state index contributed by atoms with van der Waals surface area (Å²) in [5, 5.41) is 9.03. The lowest BCUT2D eigenvalue weighted by molar-refractivity contribution is -0.125. The Kier molecular flexibility index (Phi) is 2.83. The molecule has 0 aliphatic rings. The third kappa shape index (κ3) is 2.45. The number of rotatable bonds is 4. The van der Waals surface area contributed by atoms with E-state index < -0.39 is 12.1 Å². The van der Waals surface area contributed by atoms with Gasteiger partial charge in [-0.25, -0.2) is 0 Å². The van der Waals surface area contributed by atoms with Gasteiger partial charge in [0.25, 0.3) is 0 Å². The highest BCUT2D eigenvalue weighted by molar-refractivity contribution is 5.85. The van der Waals surface area contributed by atoms with Crippen molar-refractivity contribution in [1.29, 1.82) is 0 Å². The van der Waals surface area contributed by atoms with Crippen molar-refractivity contribution in [1.82, 2.24) is 0 Å². The zero-order valence-electron chi connectivity index (χ0n) is 7.59. The van der Waals surface area contributed by atoms with Gasteiger partial charge in [-0.2, -0.15) is 0 Å². The highest BCUT2D eigenvalue weighted by Crippen LogP contribution is 2.00. The van der Waals surface area contributed by atoms with E-state index in [4.69, 9.17) is 6.52 Å². The van der Waals surface area contributed by atoms with Gasteiger partial charge in [0.15, 0.2) is 5.78 Å². The monoisotopic (exact) mass is 147 g/mol. The smallest absolute Gasteiger partial charge is 0.154 e. The maximum absolute atomic E-state index is 11.2. The SMILES string of the molecule is [3H]NC(C(=O)C(C)C)C(C)O. The summed E-state index contributed by atoms with van der Waals surface area (Å²) >= 11 is 0. The summed E-state index contributed by atoms with van der Waals surface area (Å²) in [6.45, 7) is 4.98. The van der Waals surface area contributed by atoms with E-state index in [0.29, 0.717) is 0 Å². The molecule has 10 heavy (non-hydrogen) atoms. The molecule has 0 heterocycles. The van der Waals surface area contributed by atoms with E-state index in [0.717, 1.165) is 0 Å². The molecule has 0 spiro atoms. The second-order valence-electron chi connectivity index (χ2n) is 2.78. The third-order valence-electron chi connectivity index (χ3n) is 1.36. The number of hydrogen-bond donors (Lipinski definition) is 2. The van der Waals surface area contributed by atoms with Crippen LogP contribution in [0, 0.1) is 5.92 Å². The Balaban J connectivity index is 4.15. The molecule has 3 heteroatoms. The molecule has 0 aromatic rings. The Labute approximate surface area is 62.7 Å². The van der Waals surface area contributed by atoms with Gasteiger partial charge in [0.1, 0.15) is 1.41 Å². The summed E-state index contributed by atoms with van der Waals surface area (Å²) < 4.78 is 6.78.